The molecule has 0 aliphatic carbocycles. The summed E-state index contributed by atoms with van der Waals surface area (Å²) in [5.41, 5.74) is 0.942. The van der Waals surface area contributed by atoms with E-state index in [0.717, 1.165) is 5.56 Å². The van der Waals surface area contributed by atoms with Gasteiger partial charge in [-0.15, -0.1) is 0 Å². The van der Waals surface area contributed by atoms with Gasteiger partial charge in [-0.3, -0.25) is 18.5 Å². The van der Waals surface area contributed by atoms with Gasteiger partial charge in [0.05, 0.1) is 13.5 Å². The number of carbonyl (C=O) groups is 1. The highest BCUT2D eigenvalue weighted by Crippen LogP contribution is 2.39. The number of pyridine rings is 1. The van der Waals surface area contributed by atoms with E-state index >= 15 is 0 Å². The molecule has 0 aliphatic rings. The van der Waals surface area contributed by atoms with Gasteiger partial charge in [-0.1, -0.05) is 0 Å². The Morgan fingerprint density at radius 2 is 2.17 bits per heavy atom. The molecule has 5 nitrogen and oxygen atoms in total. The van der Waals surface area contributed by atoms with Gasteiger partial charge in [-0.05, 0) is 24.1 Å². The predicted molar refractivity (Wildman–Crippen MR) is 73.6 cm³/mol. The Hall–Kier alpha value is -1.11. The molecule has 102 valence electrons. The molecule has 1 amide bonds. The summed E-state index contributed by atoms with van der Waals surface area (Å²) in [5, 5.41) is 2.82. The van der Waals surface area contributed by atoms with Crippen LogP contribution in [0.25, 0.3) is 0 Å². The van der Waals surface area contributed by atoms with E-state index in [2.05, 4.69) is 10.3 Å². The van der Waals surface area contributed by atoms with E-state index in [1.165, 1.54) is 7.11 Å². The van der Waals surface area contributed by atoms with Crippen molar-refractivity contribution in [2.75, 3.05) is 25.7 Å². The molecule has 1 heterocycles. The van der Waals surface area contributed by atoms with Crippen LogP contribution < -0.4 is 5.32 Å². The summed E-state index contributed by atoms with van der Waals surface area (Å²) in [7, 11) is -0.439. The van der Waals surface area contributed by atoms with Gasteiger partial charge in [0.1, 0.15) is 0 Å². The van der Waals surface area contributed by atoms with E-state index in [4.69, 9.17) is 4.18 Å². The normalized spacial score (nSPS) is 15.7. The minimum absolute atomic E-state index is 0.0201. The molecule has 0 aromatic carbocycles. The number of hydrogen-bond donors (Lipinski definition) is 2. The molecule has 2 N–H and O–H groups in total. The van der Waals surface area contributed by atoms with Crippen LogP contribution in [0.4, 0.5) is 0 Å². The standard InChI is InChI=1S/C12H20N2O3S/c1-17-18(2,16)9-3-6-14-12(15)10-11-4-7-13-8-5-11/h4-5,7-8,16H,3,6,9-10H2,1-2H3,(H,14,15). The van der Waals surface area contributed by atoms with E-state index in [1.54, 1.807) is 18.6 Å². The zero-order valence-corrected chi connectivity index (χ0v) is 11.6. The Morgan fingerprint density at radius 3 is 2.78 bits per heavy atom. The fourth-order valence-electron chi connectivity index (χ4n) is 1.40. The van der Waals surface area contributed by atoms with Crippen molar-refractivity contribution in [1.82, 2.24) is 10.3 Å². The Balaban J connectivity index is 2.18. The van der Waals surface area contributed by atoms with Crippen molar-refractivity contribution in [3.63, 3.8) is 0 Å². The number of hydrogen-bond acceptors (Lipinski definition) is 4. The number of aromatic nitrogens is 1. The van der Waals surface area contributed by atoms with Crippen LogP contribution in [0.3, 0.4) is 0 Å². The molecule has 1 aromatic heterocycles. The molecule has 0 spiro atoms. The van der Waals surface area contributed by atoms with Crippen LogP contribution in [-0.2, 0) is 15.4 Å². The highest BCUT2D eigenvalue weighted by molar-refractivity contribution is 8.24. The van der Waals surface area contributed by atoms with Crippen LogP contribution in [0, 0.1) is 0 Å². The fraction of sp³-hybridized carbons (Fsp3) is 0.500. The molecule has 0 bridgehead atoms. The molecular weight excluding hydrogens is 252 g/mol. The summed E-state index contributed by atoms with van der Waals surface area (Å²) < 4.78 is 14.6. The number of carbonyl (C=O) groups excluding carboxylic acids is 1. The summed E-state index contributed by atoms with van der Waals surface area (Å²) in [6.07, 6.45) is 6.09. The summed E-state index contributed by atoms with van der Waals surface area (Å²) in [6.45, 7) is 0.552. The van der Waals surface area contributed by atoms with E-state index in [1.807, 2.05) is 12.1 Å². The molecule has 0 fully saturated rings. The highest BCUT2D eigenvalue weighted by atomic mass is 32.3. The van der Waals surface area contributed by atoms with Crippen LogP contribution in [0.5, 0.6) is 0 Å². The molecule has 18 heavy (non-hydrogen) atoms. The first kappa shape index (κ1) is 14.9. The second kappa shape index (κ2) is 7.35. The van der Waals surface area contributed by atoms with Gasteiger partial charge in [-0.2, -0.15) is 10.6 Å². The van der Waals surface area contributed by atoms with Crippen LogP contribution >= 0.6 is 10.6 Å². The smallest absolute Gasteiger partial charge is 0.224 e. The van der Waals surface area contributed by atoms with Crippen LogP contribution in [0.1, 0.15) is 12.0 Å². The Morgan fingerprint density at radius 1 is 1.50 bits per heavy atom. The van der Waals surface area contributed by atoms with Crippen molar-refractivity contribution in [3.05, 3.63) is 30.1 Å². The minimum Gasteiger partial charge on any atom is -0.356 e. The lowest BCUT2D eigenvalue weighted by Crippen LogP contribution is -2.27. The average molecular weight is 272 g/mol. The lowest BCUT2D eigenvalue weighted by atomic mass is 10.2. The number of rotatable bonds is 7. The van der Waals surface area contributed by atoms with Crippen molar-refractivity contribution in [2.24, 2.45) is 0 Å². The third-order valence-corrected chi connectivity index (χ3v) is 4.26. The number of nitrogens with zero attached hydrogens (tertiary/aromatic N) is 1. The third-order valence-electron chi connectivity index (χ3n) is 2.50. The maximum Gasteiger partial charge on any atom is 0.224 e. The minimum atomic E-state index is -1.94. The van der Waals surface area contributed by atoms with Gasteiger partial charge < -0.3 is 5.32 Å². The summed E-state index contributed by atoms with van der Waals surface area (Å²) >= 11 is 0. The van der Waals surface area contributed by atoms with Gasteiger partial charge in [-0.25, -0.2) is 0 Å². The monoisotopic (exact) mass is 272 g/mol. The Labute approximate surface area is 109 Å². The van der Waals surface area contributed by atoms with E-state index in [0.29, 0.717) is 25.1 Å². The second-order valence-electron chi connectivity index (χ2n) is 4.07. The van der Waals surface area contributed by atoms with Gasteiger partial charge in [0.25, 0.3) is 0 Å². The summed E-state index contributed by atoms with van der Waals surface area (Å²) in [6, 6.07) is 3.64. The van der Waals surface area contributed by atoms with Gasteiger partial charge in [0, 0.05) is 30.9 Å². The van der Waals surface area contributed by atoms with E-state index < -0.39 is 10.6 Å². The fourth-order valence-corrected chi connectivity index (χ4v) is 2.25. The number of nitrogens with one attached hydrogen (secondary N) is 1. The van der Waals surface area contributed by atoms with E-state index in [9.17, 15) is 9.35 Å². The SMILES string of the molecule is COS(C)(O)CCCNC(=O)Cc1ccncc1. The predicted octanol–water partition coefficient (Wildman–Crippen LogP) is 1.60. The number of amides is 1. The summed E-state index contributed by atoms with van der Waals surface area (Å²) in [4.78, 5) is 15.5. The third kappa shape index (κ3) is 6.00. The zero-order valence-electron chi connectivity index (χ0n) is 10.8. The first-order valence-electron chi connectivity index (χ1n) is 5.73. The maximum atomic E-state index is 11.6. The van der Waals surface area contributed by atoms with Crippen LogP contribution in [0.2, 0.25) is 0 Å². The molecule has 1 rings (SSSR count). The van der Waals surface area contributed by atoms with Crippen LogP contribution in [0.15, 0.2) is 24.5 Å². The Bertz CT molecular complexity index is 371. The van der Waals surface area contributed by atoms with Crippen LogP contribution in [-0.4, -0.2) is 41.1 Å². The van der Waals surface area contributed by atoms with Crippen molar-refractivity contribution in [3.8, 4) is 0 Å². The second-order valence-corrected chi connectivity index (χ2v) is 6.73. The van der Waals surface area contributed by atoms with Gasteiger partial charge in [0.2, 0.25) is 5.91 Å². The van der Waals surface area contributed by atoms with E-state index in [-0.39, 0.29) is 5.91 Å². The molecule has 1 unspecified atom stereocenters. The topological polar surface area (TPSA) is 71.5 Å². The summed E-state index contributed by atoms with van der Waals surface area (Å²) in [5.74, 6) is 0.548. The first-order chi connectivity index (χ1) is 8.53. The Kier molecular flexibility index (Phi) is 6.11. The molecule has 6 heteroatoms. The van der Waals surface area contributed by atoms with Crippen molar-refractivity contribution < 1.29 is 13.5 Å². The molecule has 1 atom stereocenters. The quantitative estimate of drug-likeness (QED) is 0.740. The highest BCUT2D eigenvalue weighted by Gasteiger charge is 2.08. The van der Waals surface area contributed by atoms with Gasteiger partial charge in [0.15, 0.2) is 0 Å². The zero-order chi connectivity index (χ0) is 13.4. The molecule has 0 radical (unpaired) electrons. The average Bonchev–Trinajstić information content (AvgIpc) is 2.36. The molecule has 0 saturated heterocycles. The van der Waals surface area contributed by atoms with Crippen molar-refractivity contribution in [2.45, 2.75) is 12.8 Å². The van der Waals surface area contributed by atoms with Crippen molar-refractivity contribution >= 4 is 16.5 Å². The lowest BCUT2D eigenvalue weighted by molar-refractivity contribution is -0.120. The van der Waals surface area contributed by atoms with Crippen molar-refractivity contribution in [1.29, 1.82) is 0 Å². The maximum absolute atomic E-state index is 11.6. The first-order valence-corrected chi connectivity index (χ1v) is 7.82. The molecule has 0 saturated carbocycles. The molecule has 1 aromatic rings. The molecular formula is C12H20N2O3S. The molecule has 0 aliphatic heterocycles. The largest absolute Gasteiger partial charge is 0.356 e. The van der Waals surface area contributed by atoms with Gasteiger partial charge >= 0.3 is 0 Å². The lowest BCUT2D eigenvalue weighted by Gasteiger charge is -2.31.